The molecule has 0 aromatic rings. The summed E-state index contributed by atoms with van der Waals surface area (Å²) in [7, 11) is 0. The van der Waals surface area contributed by atoms with Gasteiger partial charge in [0.2, 0.25) is 0 Å². The zero-order chi connectivity index (χ0) is 8.53. The van der Waals surface area contributed by atoms with E-state index in [9.17, 15) is 4.79 Å². The lowest BCUT2D eigenvalue weighted by Gasteiger charge is -2.00. The Hall–Kier alpha value is -0.180. The Bertz CT molecular complexity index is 104. The van der Waals surface area contributed by atoms with Crippen molar-refractivity contribution in [1.29, 1.82) is 0 Å². The SMILES string of the molecule is CSCCCCCOC(C)=O. The Kier molecular flexibility index (Phi) is 7.79. The second-order valence-corrected chi connectivity index (χ2v) is 3.38. The number of hydrogen-bond donors (Lipinski definition) is 0. The van der Waals surface area contributed by atoms with Crippen molar-refractivity contribution in [2.75, 3.05) is 18.6 Å². The van der Waals surface area contributed by atoms with Gasteiger partial charge in [0.15, 0.2) is 0 Å². The second kappa shape index (κ2) is 7.92. The standard InChI is InChI=1S/C8H16O2S/c1-8(9)10-6-4-3-5-7-11-2/h3-7H2,1-2H3. The molecule has 0 amide bonds. The maximum atomic E-state index is 10.3. The van der Waals surface area contributed by atoms with Gasteiger partial charge in [-0.25, -0.2) is 0 Å². The van der Waals surface area contributed by atoms with Crippen molar-refractivity contribution in [3.05, 3.63) is 0 Å². The van der Waals surface area contributed by atoms with Crippen molar-refractivity contribution in [2.24, 2.45) is 0 Å². The molecule has 0 aliphatic heterocycles. The normalized spacial score (nSPS) is 9.64. The predicted molar refractivity (Wildman–Crippen MR) is 48.9 cm³/mol. The van der Waals surface area contributed by atoms with Crippen LogP contribution in [0.3, 0.4) is 0 Å². The Labute approximate surface area is 72.7 Å². The number of carbonyl (C=O) groups excluding carboxylic acids is 1. The first-order chi connectivity index (χ1) is 5.27. The minimum Gasteiger partial charge on any atom is -0.466 e. The van der Waals surface area contributed by atoms with E-state index in [-0.39, 0.29) is 5.97 Å². The molecule has 0 heterocycles. The number of ether oxygens (including phenoxy) is 1. The van der Waals surface area contributed by atoms with E-state index >= 15 is 0 Å². The quantitative estimate of drug-likeness (QED) is 0.458. The van der Waals surface area contributed by atoms with Crippen molar-refractivity contribution >= 4 is 17.7 Å². The number of rotatable bonds is 6. The van der Waals surface area contributed by atoms with Crippen LogP contribution in [-0.2, 0) is 9.53 Å². The average molecular weight is 176 g/mol. The lowest BCUT2D eigenvalue weighted by atomic mass is 10.3. The van der Waals surface area contributed by atoms with E-state index in [1.54, 1.807) is 0 Å². The predicted octanol–water partition coefficient (Wildman–Crippen LogP) is 2.08. The van der Waals surface area contributed by atoms with Gasteiger partial charge in [-0.15, -0.1) is 0 Å². The smallest absolute Gasteiger partial charge is 0.302 e. The molecule has 66 valence electrons. The summed E-state index contributed by atoms with van der Waals surface area (Å²) in [6.45, 7) is 2.03. The molecule has 2 nitrogen and oxygen atoms in total. The molecule has 0 bridgehead atoms. The van der Waals surface area contributed by atoms with Crippen LogP contribution in [0.5, 0.6) is 0 Å². The van der Waals surface area contributed by atoms with Gasteiger partial charge in [-0.1, -0.05) is 0 Å². The van der Waals surface area contributed by atoms with Crippen molar-refractivity contribution in [3.8, 4) is 0 Å². The number of carbonyl (C=O) groups is 1. The summed E-state index contributed by atoms with van der Waals surface area (Å²) < 4.78 is 4.78. The van der Waals surface area contributed by atoms with Crippen LogP contribution < -0.4 is 0 Å². The molecule has 0 rings (SSSR count). The third kappa shape index (κ3) is 9.82. The van der Waals surface area contributed by atoms with Gasteiger partial charge in [0.1, 0.15) is 0 Å². The van der Waals surface area contributed by atoms with Crippen LogP contribution in [0.15, 0.2) is 0 Å². The summed E-state index contributed by atoms with van der Waals surface area (Å²) in [5, 5.41) is 0. The zero-order valence-corrected chi connectivity index (χ0v) is 8.08. The molecule has 0 N–H and O–H groups in total. The van der Waals surface area contributed by atoms with Crippen LogP contribution in [0.2, 0.25) is 0 Å². The molecular weight excluding hydrogens is 160 g/mol. The third-order valence-corrected chi connectivity index (χ3v) is 2.00. The summed E-state index contributed by atoms with van der Waals surface area (Å²) >= 11 is 1.86. The monoisotopic (exact) mass is 176 g/mol. The molecule has 0 aromatic heterocycles. The van der Waals surface area contributed by atoms with Gasteiger partial charge < -0.3 is 4.74 Å². The highest BCUT2D eigenvalue weighted by molar-refractivity contribution is 7.98. The first-order valence-corrected chi connectivity index (χ1v) is 5.29. The Morgan fingerprint density at radius 1 is 1.36 bits per heavy atom. The van der Waals surface area contributed by atoms with Gasteiger partial charge in [-0.2, -0.15) is 11.8 Å². The van der Waals surface area contributed by atoms with E-state index in [0.29, 0.717) is 6.61 Å². The Morgan fingerprint density at radius 2 is 2.09 bits per heavy atom. The van der Waals surface area contributed by atoms with Crippen LogP contribution in [0.1, 0.15) is 26.2 Å². The van der Waals surface area contributed by atoms with Crippen molar-refractivity contribution in [3.63, 3.8) is 0 Å². The summed E-state index contributed by atoms with van der Waals surface area (Å²) in [5.41, 5.74) is 0. The topological polar surface area (TPSA) is 26.3 Å². The van der Waals surface area contributed by atoms with Crippen molar-refractivity contribution < 1.29 is 9.53 Å². The van der Waals surface area contributed by atoms with Gasteiger partial charge >= 0.3 is 5.97 Å². The van der Waals surface area contributed by atoms with Crippen LogP contribution >= 0.6 is 11.8 Å². The van der Waals surface area contributed by atoms with Gasteiger partial charge in [0, 0.05) is 6.92 Å². The van der Waals surface area contributed by atoms with Gasteiger partial charge in [-0.05, 0) is 31.3 Å². The fraction of sp³-hybridized carbons (Fsp3) is 0.875. The van der Waals surface area contributed by atoms with Crippen molar-refractivity contribution in [1.82, 2.24) is 0 Å². The molecule has 0 aliphatic carbocycles. The van der Waals surface area contributed by atoms with Gasteiger partial charge in [-0.3, -0.25) is 4.79 Å². The molecule has 0 fully saturated rings. The minimum absolute atomic E-state index is 0.171. The lowest BCUT2D eigenvalue weighted by Crippen LogP contribution is -2.00. The molecule has 0 radical (unpaired) electrons. The molecule has 0 atom stereocenters. The molecule has 0 spiro atoms. The Balaban J connectivity index is 2.85. The summed E-state index contributed by atoms with van der Waals surface area (Å²) in [4.78, 5) is 10.3. The second-order valence-electron chi connectivity index (χ2n) is 2.39. The van der Waals surface area contributed by atoms with Crippen LogP contribution in [0.25, 0.3) is 0 Å². The molecule has 0 aromatic carbocycles. The summed E-state index contributed by atoms with van der Waals surface area (Å²) in [6.07, 6.45) is 5.49. The number of unbranched alkanes of at least 4 members (excludes halogenated alkanes) is 2. The fourth-order valence-corrected chi connectivity index (χ4v) is 1.23. The molecule has 11 heavy (non-hydrogen) atoms. The van der Waals surface area contributed by atoms with E-state index in [4.69, 9.17) is 4.74 Å². The molecule has 0 aliphatic rings. The van der Waals surface area contributed by atoms with E-state index in [1.165, 1.54) is 19.1 Å². The van der Waals surface area contributed by atoms with Gasteiger partial charge in [0.25, 0.3) is 0 Å². The number of esters is 1. The summed E-state index contributed by atoms with van der Waals surface area (Å²) in [6, 6.07) is 0. The fourth-order valence-electron chi connectivity index (χ4n) is 0.741. The first kappa shape index (κ1) is 10.8. The van der Waals surface area contributed by atoms with Gasteiger partial charge in [0.05, 0.1) is 6.61 Å². The molecule has 3 heteroatoms. The van der Waals surface area contributed by atoms with E-state index in [2.05, 4.69) is 6.26 Å². The Morgan fingerprint density at radius 3 is 2.64 bits per heavy atom. The van der Waals surface area contributed by atoms with Crippen LogP contribution in [0, 0.1) is 0 Å². The maximum absolute atomic E-state index is 10.3. The lowest BCUT2D eigenvalue weighted by molar-refractivity contribution is -0.141. The third-order valence-electron chi connectivity index (χ3n) is 1.30. The van der Waals surface area contributed by atoms with Crippen molar-refractivity contribution in [2.45, 2.75) is 26.2 Å². The molecule has 0 saturated heterocycles. The average Bonchev–Trinajstić information content (AvgIpc) is 1.96. The first-order valence-electron chi connectivity index (χ1n) is 3.89. The molecule has 0 unspecified atom stereocenters. The molecular formula is C8H16O2S. The minimum atomic E-state index is -0.171. The number of hydrogen-bond acceptors (Lipinski definition) is 3. The highest BCUT2D eigenvalue weighted by Crippen LogP contribution is 2.01. The van der Waals surface area contributed by atoms with Crippen LogP contribution in [-0.4, -0.2) is 24.6 Å². The largest absolute Gasteiger partial charge is 0.466 e. The maximum Gasteiger partial charge on any atom is 0.302 e. The van der Waals surface area contributed by atoms with E-state index in [1.807, 2.05) is 11.8 Å². The highest BCUT2D eigenvalue weighted by atomic mass is 32.2. The van der Waals surface area contributed by atoms with E-state index in [0.717, 1.165) is 12.8 Å². The highest BCUT2D eigenvalue weighted by Gasteiger charge is 1.92. The zero-order valence-electron chi connectivity index (χ0n) is 7.26. The summed E-state index contributed by atoms with van der Waals surface area (Å²) in [5.74, 6) is 1.04. The van der Waals surface area contributed by atoms with E-state index < -0.39 is 0 Å². The number of thioether (sulfide) groups is 1. The van der Waals surface area contributed by atoms with Crippen LogP contribution in [0.4, 0.5) is 0 Å². The molecule has 0 saturated carbocycles.